The quantitative estimate of drug-likeness (QED) is 0.803. The number of hydrogen-bond acceptors (Lipinski definition) is 2. The minimum absolute atomic E-state index is 0.164. The Kier molecular flexibility index (Phi) is 4.88. The minimum Gasteiger partial charge on any atom is -0.480 e. The maximum atomic E-state index is 13.8. The molecule has 0 aliphatic carbocycles. The van der Waals surface area contributed by atoms with Crippen molar-refractivity contribution in [3.63, 3.8) is 0 Å². The first-order valence-electron chi connectivity index (χ1n) is 6.29. The molecular formula is C14H18F2N2O3. The highest BCUT2D eigenvalue weighted by Gasteiger charge is 2.32. The lowest BCUT2D eigenvalue weighted by atomic mass is 9.87. The van der Waals surface area contributed by atoms with Crippen LogP contribution in [0.4, 0.5) is 19.3 Å². The third-order valence-electron chi connectivity index (χ3n) is 2.91. The number of urea groups is 1. The average molecular weight is 300 g/mol. The van der Waals surface area contributed by atoms with Crippen LogP contribution in [-0.2, 0) is 4.79 Å². The van der Waals surface area contributed by atoms with Crippen LogP contribution in [0.25, 0.3) is 0 Å². The Morgan fingerprint density at radius 2 is 1.81 bits per heavy atom. The molecule has 1 atom stereocenters. The van der Waals surface area contributed by atoms with Crippen molar-refractivity contribution in [2.24, 2.45) is 5.41 Å². The summed E-state index contributed by atoms with van der Waals surface area (Å²) in [5, 5.41) is 13.3. The number of hydrogen-bond donors (Lipinski definition) is 3. The lowest BCUT2D eigenvalue weighted by Gasteiger charge is -2.27. The van der Waals surface area contributed by atoms with E-state index in [-0.39, 0.29) is 5.56 Å². The summed E-state index contributed by atoms with van der Waals surface area (Å²) in [5.41, 5.74) is -1.20. The second-order valence-corrected chi connectivity index (χ2v) is 5.79. The maximum absolute atomic E-state index is 13.8. The van der Waals surface area contributed by atoms with Crippen molar-refractivity contribution in [1.82, 2.24) is 5.32 Å². The normalized spacial score (nSPS) is 12.7. The van der Waals surface area contributed by atoms with E-state index in [0.29, 0.717) is 0 Å². The van der Waals surface area contributed by atoms with Crippen LogP contribution in [0.2, 0.25) is 0 Å². The first-order chi connectivity index (χ1) is 9.54. The van der Waals surface area contributed by atoms with Gasteiger partial charge < -0.3 is 15.7 Å². The number of halogens is 2. The molecule has 0 aromatic heterocycles. The van der Waals surface area contributed by atoms with Gasteiger partial charge in [0.05, 0.1) is 0 Å². The van der Waals surface area contributed by atoms with E-state index in [1.807, 2.05) is 5.32 Å². The van der Waals surface area contributed by atoms with Gasteiger partial charge in [0.2, 0.25) is 0 Å². The highest BCUT2D eigenvalue weighted by molar-refractivity contribution is 5.92. The topological polar surface area (TPSA) is 78.4 Å². The summed E-state index contributed by atoms with van der Waals surface area (Å²) in [4.78, 5) is 22.9. The molecule has 0 radical (unpaired) electrons. The summed E-state index contributed by atoms with van der Waals surface area (Å²) in [5.74, 6) is -3.06. The highest BCUT2D eigenvalue weighted by Crippen LogP contribution is 2.23. The third kappa shape index (κ3) is 4.14. The van der Waals surface area contributed by atoms with Crippen molar-refractivity contribution in [3.05, 3.63) is 29.3 Å². The fourth-order valence-electron chi connectivity index (χ4n) is 1.70. The van der Waals surface area contributed by atoms with Gasteiger partial charge >= 0.3 is 12.0 Å². The van der Waals surface area contributed by atoms with E-state index in [4.69, 9.17) is 5.11 Å². The molecule has 21 heavy (non-hydrogen) atoms. The van der Waals surface area contributed by atoms with Crippen LogP contribution in [0.3, 0.4) is 0 Å². The van der Waals surface area contributed by atoms with Gasteiger partial charge in [0.25, 0.3) is 0 Å². The molecule has 1 aromatic carbocycles. The first kappa shape index (κ1) is 16.9. The molecule has 3 N–H and O–H groups in total. The molecule has 0 bridgehead atoms. The zero-order chi connectivity index (χ0) is 16.4. The van der Waals surface area contributed by atoms with Gasteiger partial charge in [-0.3, -0.25) is 0 Å². The molecular weight excluding hydrogens is 282 g/mol. The Morgan fingerprint density at radius 1 is 1.24 bits per heavy atom. The van der Waals surface area contributed by atoms with Gasteiger partial charge in [-0.2, -0.15) is 0 Å². The number of carboxylic acid groups (broad SMARTS) is 1. The van der Waals surface area contributed by atoms with Gasteiger partial charge in [-0.25, -0.2) is 18.4 Å². The van der Waals surface area contributed by atoms with Crippen LogP contribution in [0.1, 0.15) is 26.3 Å². The number of anilines is 1. The molecule has 0 saturated heterocycles. The number of carbonyl (C=O) groups is 2. The fraction of sp³-hybridized carbons (Fsp3) is 0.429. The monoisotopic (exact) mass is 300 g/mol. The SMILES string of the molecule is Cc1ccc(F)c(NC(=O)N[C@H](C(=O)O)C(C)(C)C)c1F. The molecule has 7 heteroatoms. The zero-order valence-corrected chi connectivity index (χ0v) is 12.3. The number of carboxylic acids is 1. The number of nitrogens with one attached hydrogen (secondary N) is 2. The standard InChI is InChI=1S/C14H18F2N2O3/c1-7-5-6-8(15)10(9(7)16)17-13(21)18-11(12(19)20)14(2,3)4/h5-6,11H,1-4H3,(H,19,20)(H2,17,18,21)/t11-/m1/s1. The van der Waals surface area contributed by atoms with Crippen LogP contribution in [0.15, 0.2) is 12.1 Å². The summed E-state index contributed by atoms with van der Waals surface area (Å²) in [6, 6.07) is 0.0734. The van der Waals surface area contributed by atoms with Gasteiger partial charge in [-0.05, 0) is 24.0 Å². The molecule has 1 rings (SSSR count). The number of aliphatic carboxylic acids is 1. The molecule has 5 nitrogen and oxygen atoms in total. The summed E-state index contributed by atoms with van der Waals surface area (Å²) in [7, 11) is 0. The van der Waals surface area contributed by atoms with Gasteiger partial charge in [-0.15, -0.1) is 0 Å². The van der Waals surface area contributed by atoms with Gasteiger partial charge in [0, 0.05) is 0 Å². The van der Waals surface area contributed by atoms with Crippen LogP contribution in [0.5, 0.6) is 0 Å². The molecule has 0 unspecified atom stereocenters. The van der Waals surface area contributed by atoms with Crippen molar-refractivity contribution in [2.75, 3.05) is 5.32 Å². The summed E-state index contributed by atoms with van der Waals surface area (Å²) in [6.45, 7) is 6.30. The third-order valence-corrected chi connectivity index (χ3v) is 2.91. The molecule has 2 amide bonds. The second-order valence-electron chi connectivity index (χ2n) is 5.79. The lowest BCUT2D eigenvalue weighted by molar-refractivity contribution is -0.141. The van der Waals surface area contributed by atoms with Gasteiger partial charge in [0.1, 0.15) is 17.5 Å². The second kappa shape index (κ2) is 6.07. The Hall–Kier alpha value is -2.18. The lowest BCUT2D eigenvalue weighted by Crippen LogP contribution is -2.50. The van der Waals surface area contributed by atoms with E-state index in [0.717, 1.165) is 6.07 Å². The van der Waals surface area contributed by atoms with E-state index in [1.54, 1.807) is 20.8 Å². The van der Waals surface area contributed by atoms with Crippen LogP contribution in [-0.4, -0.2) is 23.1 Å². The van der Waals surface area contributed by atoms with Crippen LogP contribution < -0.4 is 10.6 Å². The van der Waals surface area contributed by atoms with Gasteiger partial charge in [0.15, 0.2) is 5.82 Å². The van der Waals surface area contributed by atoms with Crippen molar-refractivity contribution in [3.8, 4) is 0 Å². The Balaban J connectivity index is 2.92. The largest absolute Gasteiger partial charge is 0.480 e. The Bertz CT molecular complexity index is 568. The number of aryl methyl sites for hydroxylation is 1. The zero-order valence-electron chi connectivity index (χ0n) is 12.3. The van der Waals surface area contributed by atoms with Crippen molar-refractivity contribution < 1.29 is 23.5 Å². The molecule has 0 aliphatic rings. The fourth-order valence-corrected chi connectivity index (χ4v) is 1.70. The number of carbonyl (C=O) groups excluding carboxylic acids is 1. The first-order valence-corrected chi connectivity index (χ1v) is 6.29. The number of rotatable bonds is 3. The highest BCUT2D eigenvalue weighted by atomic mass is 19.1. The smallest absolute Gasteiger partial charge is 0.326 e. The molecule has 0 spiro atoms. The predicted octanol–water partition coefficient (Wildman–Crippen LogP) is 2.89. The summed E-state index contributed by atoms with van der Waals surface area (Å²) < 4.78 is 27.3. The molecule has 0 saturated carbocycles. The molecule has 0 heterocycles. The van der Waals surface area contributed by atoms with E-state index >= 15 is 0 Å². The summed E-state index contributed by atoms with van der Waals surface area (Å²) in [6.07, 6.45) is 0. The number of benzene rings is 1. The van der Waals surface area contributed by atoms with Crippen molar-refractivity contribution in [1.29, 1.82) is 0 Å². The van der Waals surface area contributed by atoms with E-state index in [1.165, 1.54) is 13.0 Å². The van der Waals surface area contributed by atoms with Crippen molar-refractivity contribution >= 4 is 17.7 Å². The average Bonchev–Trinajstić information content (AvgIpc) is 2.34. The van der Waals surface area contributed by atoms with Crippen LogP contribution >= 0.6 is 0 Å². The predicted molar refractivity (Wildman–Crippen MR) is 74.1 cm³/mol. The van der Waals surface area contributed by atoms with E-state index in [2.05, 4.69) is 5.32 Å². The number of amides is 2. The summed E-state index contributed by atoms with van der Waals surface area (Å²) >= 11 is 0. The molecule has 0 fully saturated rings. The molecule has 0 aliphatic heterocycles. The Morgan fingerprint density at radius 3 is 2.29 bits per heavy atom. The van der Waals surface area contributed by atoms with Crippen molar-refractivity contribution in [2.45, 2.75) is 33.7 Å². The maximum Gasteiger partial charge on any atom is 0.326 e. The Labute approximate surface area is 121 Å². The molecule has 1 aromatic rings. The van der Waals surface area contributed by atoms with Gasteiger partial charge in [-0.1, -0.05) is 26.8 Å². The minimum atomic E-state index is -1.23. The van der Waals surface area contributed by atoms with Crippen LogP contribution in [0, 0.1) is 24.0 Å². The van der Waals surface area contributed by atoms with E-state index in [9.17, 15) is 18.4 Å². The molecule has 116 valence electrons. The van der Waals surface area contributed by atoms with E-state index < -0.39 is 40.8 Å².